The van der Waals surface area contributed by atoms with Crippen LogP contribution in [0.4, 0.5) is 8.78 Å². The number of hydrogen-bond acceptors (Lipinski definition) is 2. The van der Waals surface area contributed by atoms with Crippen LogP contribution in [0.25, 0.3) is 0 Å². The average Bonchev–Trinajstić information content (AvgIpc) is 1.65. The molecule has 0 aliphatic rings. The number of nitrogens with two attached hydrogens (primary N) is 2. The molecule has 0 rings (SSSR count). The van der Waals surface area contributed by atoms with Crippen molar-refractivity contribution in [3.05, 3.63) is 0 Å². The van der Waals surface area contributed by atoms with E-state index in [4.69, 9.17) is 0 Å². The van der Waals surface area contributed by atoms with Crippen LogP contribution in [-0.4, -0.2) is 19.0 Å². The van der Waals surface area contributed by atoms with Crippen LogP contribution in [0.15, 0.2) is 0 Å². The molecule has 2 atom stereocenters. The van der Waals surface area contributed by atoms with Gasteiger partial charge in [-0.05, 0) is 0 Å². The molecule has 0 aliphatic heterocycles. The molecule has 7 heavy (non-hydrogen) atoms. The van der Waals surface area contributed by atoms with Gasteiger partial charge >= 0.3 is 0 Å². The Labute approximate surface area is 40.5 Å². The summed E-state index contributed by atoms with van der Waals surface area (Å²) in [7, 11) is 0. The van der Waals surface area contributed by atoms with Crippen LogP contribution in [0, 0.1) is 0 Å². The van der Waals surface area contributed by atoms with Crippen LogP contribution >= 0.6 is 0 Å². The number of halogens is 2. The van der Waals surface area contributed by atoms with Crippen LogP contribution in [0.3, 0.4) is 0 Å². The highest BCUT2D eigenvalue weighted by molar-refractivity contribution is 4.60. The molecular weight excluding hydrogens is 102 g/mol. The largest absolute Gasteiger partial charge is 0.328 e. The summed E-state index contributed by atoms with van der Waals surface area (Å²) in [6.07, 6.45) is -3.63. The van der Waals surface area contributed by atoms with Crippen LogP contribution in [0.1, 0.15) is 0 Å². The van der Waals surface area contributed by atoms with Gasteiger partial charge in [-0.2, -0.15) is 0 Å². The molecule has 4 heteroatoms. The zero-order valence-corrected chi connectivity index (χ0v) is 3.77. The van der Waals surface area contributed by atoms with E-state index in [2.05, 4.69) is 11.5 Å². The van der Waals surface area contributed by atoms with E-state index in [0.717, 1.165) is 0 Å². The van der Waals surface area contributed by atoms with E-state index in [9.17, 15) is 8.78 Å². The molecule has 0 amide bonds. The summed E-state index contributed by atoms with van der Waals surface area (Å²) in [6.45, 7) is -0.350. The van der Waals surface area contributed by atoms with Crippen molar-refractivity contribution in [2.75, 3.05) is 6.54 Å². The van der Waals surface area contributed by atoms with Gasteiger partial charge < -0.3 is 5.73 Å². The van der Waals surface area contributed by atoms with E-state index in [0.29, 0.717) is 0 Å². The summed E-state index contributed by atoms with van der Waals surface area (Å²) in [4.78, 5) is 0. The summed E-state index contributed by atoms with van der Waals surface area (Å²) in [5.41, 5.74) is 9.10. The van der Waals surface area contributed by atoms with Crippen molar-refractivity contribution in [1.82, 2.24) is 0 Å². The lowest BCUT2D eigenvalue weighted by Gasteiger charge is -2.02. The molecule has 0 spiro atoms. The summed E-state index contributed by atoms with van der Waals surface area (Å²) in [5.74, 6) is 0. The third-order valence-electron chi connectivity index (χ3n) is 0.571. The van der Waals surface area contributed by atoms with Gasteiger partial charge in [-0.25, -0.2) is 8.78 Å². The molecular formula is C3H8F2N2. The van der Waals surface area contributed by atoms with Crippen molar-refractivity contribution < 1.29 is 8.78 Å². The molecule has 0 aliphatic carbocycles. The van der Waals surface area contributed by atoms with Gasteiger partial charge in [-0.15, -0.1) is 0 Å². The van der Waals surface area contributed by atoms with Crippen molar-refractivity contribution in [3.8, 4) is 0 Å². The monoisotopic (exact) mass is 110 g/mol. The Bertz CT molecular complexity index is 48.2. The molecule has 0 fully saturated rings. The molecule has 2 unspecified atom stereocenters. The third kappa shape index (κ3) is 2.47. The van der Waals surface area contributed by atoms with E-state index in [-0.39, 0.29) is 6.54 Å². The van der Waals surface area contributed by atoms with Gasteiger partial charge in [0.2, 0.25) is 0 Å². The highest BCUT2D eigenvalue weighted by atomic mass is 19.2. The predicted octanol–water partition coefficient (Wildman–Crippen LogP) is -0.463. The SMILES string of the molecule is NCC(F)C(N)F. The second-order valence-corrected chi connectivity index (χ2v) is 1.20. The van der Waals surface area contributed by atoms with E-state index in [1.807, 2.05) is 0 Å². The molecule has 2 nitrogen and oxygen atoms in total. The number of hydrogen-bond donors (Lipinski definition) is 2. The Balaban J connectivity index is 3.14. The maximum atomic E-state index is 11.6. The first-order valence-corrected chi connectivity index (χ1v) is 1.92. The van der Waals surface area contributed by atoms with E-state index in [1.165, 1.54) is 0 Å². The second kappa shape index (κ2) is 2.87. The fraction of sp³-hybridized carbons (Fsp3) is 1.00. The zero-order valence-electron chi connectivity index (χ0n) is 3.77. The summed E-state index contributed by atoms with van der Waals surface area (Å²) >= 11 is 0. The van der Waals surface area contributed by atoms with Crippen LogP contribution in [0.5, 0.6) is 0 Å². The fourth-order valence-corrected chi connectivity index (χ4v) is 0.130. The molecule has 0 heterocycles. The maximum Gasteiger partial charge on any atom is 0.181 e. The molecule has 0 bridgehead atoms. The average molecular weight is 110 g/mol. The Morgan fingerprint density at radius 1 is 1.43 bits per heavy atom. The second-order valence-electron chi connectivity index (χ2n) is 1.20. The molecule has 0 saturated heterocycles. The van der Waals surface area contributed by atoms with Crippen LogP contribution < -0.4 is 11.5 Å². The first-order chi connectivity index (χ1) is 3.18. The Morgan fingerprint density at radius 3 is 1.86 bits per heavy atom. The smallest absolute Gasteiger partial charge is 0.181 e. The lowest BCUT2D eigenvalue weighted by atomic mass is 10.4. The minimum absolute atomic E-state index is 0.350. The third-order valence-corrected chi connectivity index (χ3v) is 0.571. The molecule has 4 N–H and O–H groups in total. The number of alkyl halides is 2. The van der Waals surface area contributed by atoms with E-state index >= 15 is 0 Å². The van der Waals surface area contributed by atoms with Gasteiger partial charge in [0.25, 0.3) is 0 Å². The van der Waals surface area contributed by atoms with Gasteiger partial charge in [0.1, 0.15) is 0 Å². The van der Waals surface area contributed by atoms with E-state index in [1.54, 1.807) is 0 Å². The highest BCUT2D eigenvalue weighted by Crippen LogP contribution is 1.92. The minimum atomic E-state index is -1.93. The fourth-order valence-electron chi connectivity index (χ4n) is 0.130. The van der Waals surface area contributed by atoms with Gasteiger partial charge in [0, 0.05) is 6.54 Å². The molecule has 0 radical (unpaired) electrons. The molecule has 44 valence electrons. The summed E-state index contributed by atoms with van der Waals surface area (Å²) in [5, 5.41) is 0. The van der Waals surface area contributed by atoms with Gasteiger partial charge in [0.05, 0.1) is 0 Å². The minimum Gasteiger partial charge on any atom is -0.328 e. The van der Waals surface area contributed by atoms with Crippen molar-refractivity contribution >= 4 is 0 Å². The molecule has 0 aromatic rings. The van der Waals surface area contributed by atoms with Crippen LogP contribution in [-0.2, 0) is 0 Å². The van der Waals surface area contributed by atoms with Crippen molar-refractivity contribution in [2.45, 2.75) is 12.5 Å². The molecule has 0 saturated carbocycles. The normalized spacial score (nSPS) is 18.9. The molecule has 0 aromatic heterocycles. The maximum absolute atomic E-state index is 11.6. The van der Waals surface area contributed by atoms with Crippen molar-refractivity contribution in [1.29, 1.82) is 0 Å². The van der Waals surface area contributed by atoms with Gasteiger partial charge in [-0.3, -0.25) is 5.73 Å². The Hall–Kier alpha value is -0.220. The Morgan fingerprint density at radius 2 is 1.86 bits per heavy atom. The quantitative estimate of drug-likeness (QED) is 0.472. The first kappa shape index (κ1) is 6.78. The highest BCUT2D eigenvalue weighted by Gasteiger charge is 2.11. The van der Waals surface area contributed by atoms with E-state index < -0.39 is 12.5 Å². The van der Waals surface area contributed by atoms with Gasteiger partial charge in [-0.1, -0.05) is 0 Å². The van der Waals surface area contributed by atoms with Crippen molar-refractivity contribution in [3.63, 3.8) is 0 Å². The van der Waals surface area contributed by atoms with Gasteiger partial charge in [0.15, 0.2) is 12.5 Å². The zero-order chi connectivity index (χ0) is 5.86. The molecule has 0 aromatic carbocycles. The topological polar surface area (TPSA) is 52.0 Å². The predicted molar refractivity (Wildman–Crippen MR) is 23.0 cm³/mol. The number of rotatable bonds is 2. The lowest BCUT2D eigenvalue weighted by Crippen LogP contribution is -2.32. The van der Waals surface area contributed by atoms with Crippen molar-refractivity contribution in [2.24, 2.45) is 11.5 Å². The first-order valence-electron chi connectivity index (χ1n) is 1.92. The van der Waals surface area contributed by atoms with Crippen LogP contribution in [0.2, 0.25) is 0 Å². The lowest BCUT2D eigenvalue weighted by molar-refractivity contribution is 0.178. The Kier molecular flexibility index (Phi) is 2.78. The summed E-state index contributed by atoms with van der Waals surface area (Å²) < 4.78 is 23.0. The standard InChI is InChI=1S/C3H8F2N2/c4-2(1-6)3(5)7/h2-3H,1,6-7H2. The summed E-state index contributed by atoms with van der Waals surface area (Å²) in [6, 6.07) is 0.